The highest BCUT2D eigenvalue weighted by atomic mass is 16.5. The summed E-state index contributed by atoms with van der Waals surface area (Å²) in [6.45, 7) is 2.89. The van der Waals surface area contributed by atoms with E-state index in [4.69, 9.17) is 9.47 Å². The summed E-state index contributed by atoms with van der Waals surface area (Å²) in [6.07, 6.45) is 3.07. The minimum atomic E-state index is -0.801. The minimum Gasteiger partial charge on any atom is -0.497 e. The van der Waals surface area contributed by atoms with Gasteiger partial charge in [-0.25, -0.2) is 0 Å². The number of para-hydroxylation sites is 1. The summed E-state index contributed by atoms with van der Waals surface area (Å²) in [5.74, 6) is 2.47. The van der Waals surface area contributed by atoms with Gasteiger partial charge in [0.05, 0.1) is 19.8 Å². The van der Waals surface area contributed by atoms with Crippen LogP contribution in [0, 0.1) is 11.8 Å². The molecule has 0 aromatic heterocycles. The van der Waals surface area contributed by atoms with Crippen molar-refractivity contribution in [3.05, 3.63) is 59.7 Å². The van der Waals surface area contributed by atoms with Crippen LogP contribution in [0.15, 0.2) is 48.5 Å². The molecule has 0 amide bonds. The molecule has 4 heteroatoms. The molecule has 4 nitrogen and oxygen atoms in total. The molecular formula is C23H29NO3. The number of hydrogen-bond donors (Lipinski definition) is 1. The Morgan fingerprint density at radius 3 is 2.56 bits per heavy atom. The summed E-state index contributed by atoms with van der Waals surface area (Å²) < 4.78 is 10.8. The Kier molecular flexibility index (Phi) is 5.11. The zero-order chi connectivity index (χ0) is 18.9. The number of ether oxygens (including phenoxy) is 2. The molecule has 0 spiro atoms. The Balaban J connectivity index is 1.54. The molecule has 1 heterocycles. The molecule has 1 saturated heterocycles. The third-order valence-corrected chi connectivity index (χ3v) is 6.40. The van der Waals surface area contributed by atoms with Crippen molar-refractivity contribution in [3.63, 3.8) is 0 Å². The summed E-state index contributed by atoms with van der Waals surface area (Å²) in [5.41, 5.74) is 1.44. The number of likely N-dealkylation sites (tertiary alicyclic amines) is 1. The molecule has 0 unspecified atom stereocenters. The molecule has 3 atom stereocenters. The quantitative estimate of drug-likeness (QED) is 0.872. The highest BCUT2D eigenvalue weighted by molar-refractivity contribution is 5.39. The molecule has 144 valence electrons. The van der Waals surface area contributed by atoms with E-state index in [-0.39, 0.29) is 5.92 Å². The van der Waals surface area contributed by atoms with Crippen LogP contribution in [-0.4, -0.2) is 37.3 Å². The second-order valence-electron chi connectivity index (χ2n) is 7.93. The first-order valence-corrected chi connectivity index (χ1v) is 9.85. The van der Waals surface area contributed by atoms with Gasteiger partial charge in [0.2, 0.25) is 0 Å². The predicted molar refractivity (Wildman–Crippen MR) is 106 cm³/mol. The molecule has 0 bridgehead atoms. The largest absolute Gasteiger partial charge is 0.497 e. The van der Waals surface area contributed by atoms with Crippen LogP contribution >= 0.6 is 0 Å². The van der Waals surface area contributed by atoms with Gasteiger partial charge in [-0.1, -0.05) is 30.3 Å². The van der Waals surface area contributed by atoms with Crippen molar-refractivity contribution in [3.8, 4) is 11.5 Å². The van der Waals surface area contributed by atoms with Crippen LogP contribution in [0.2, 0.25) is 0 Å². The lowest BCUT2D eigenvalue weighted by Gasteiger charge is -2.42. The summed E-state index contributed by atoms with van der Waals surface area (Å²) in [5, 5.41) is 11.8. The Hall–Kier alpha value is -2.04. The molecule has 27 heavy (non-hydrogen) atoms. The average molecular weight is 367 g/mol. The second-order valence-corrected chi connectivity index (χ2v) is 7.93. The van der Waals surface area contributed by atoms with Crippen molar-refractivity contribution in [1.82, 2.24) is 4.90 Å². The molecule has 2 aliphatic rings. The van der Waals surface area contributed by atoms with Gasteiger partial charge in [0, 0.05) is 31.1 Å². The maximum Gasteiger partial charge on any atom is 0.124 e. The van der Waals surface area contributed by atoms with Crippen LogP contribution in [0.5, 0.6) is 11.5 Å². The van der Waals surface area contributed by atoms with Crippen LogP contribution in [0.25, 0.3) is 0 Å². The number of fused-ring (bicyclic) bond motifs is 1. The molecule has 1 aliphatic heterocycles. The van der Waals surface area contributed by atoms with Gasteiger partial charge in [-0.3, -0.25) is 4.90 Å². The highest BCUT2D eigenvalue weighted by Crippen LogP contribution is 2.50. The standard InChI is InChI=1S/C23H29NO3/c1-26-19-11-9-17(10-12-19)14-24-15-18-6-5-13-23(25,21(18)16-24)20-7-3-4-8-22(20)27-2/h3-4,7-12,18,21,25H,5-6,13-16H2,1-2H3/t18-,21+,23+/m0/s1. The zero-order valence-electron chi connectivity index (χ0n) is 16.2. The lowest BCUT2D eigenvalue weighted by atomic mass is 9.67. The van der Waals surface area contributed by atoms with E-state index in [9.17, 15) is 5.11 Å². The normalized spacial score (nSPS) is 28.0. The summed E-state index contributed by atoms with van der Waals surface area (Å²) in [7, 11) is 3.38. The van der Waals surface area contributed by atoms with Crippen molar-refractivity contribution in [2.45, 2.75) is 31.4 Å². The van der Waals surface area contributed by atoms with Gasteiger partial charge in [0.15, 0.2) is 0 Å². The highest BCUT2D eigenvalue weighted by Gasteiger charge is 2.50. The van der Waals surface area contributed by atoms with Crippen molar-refractivity contribution in [1.29, 1.82) is 0 Å². The lowest BCUT2D eigenvalue weighted by Crippen LogP contribution is -2.43. The Labute approximate surface area is 161 Å². The van der Waals surface area contributed by atoms with E-state index in [2.05, 4.69) is 17.0 Å². The van der Waals surface area contributed by atoms with E-state index in [1.807, 2.05) is 36.4 Å². The molecular weight excluding hydrogens is 338 g/mol. The number of benzene rings is 2. The first kappa shape index (κ1) is 18.3. The van der Waals surface area contributed by atoms with Crippen LogP contribution in [0.4, 0.5) is 0 Å². The molecule has 4 rings (SSSR count). The number of hydrogen-bond acceptors (Lipinski definition) is 4. The van der Waals surface area contributed by atoms with Crippen LogP contribution in [-0.2, 0) is 12.1 Å². The predicted octanol–water partition coefficient (Wildman–Crippen LogP) is 3.82. The van der Waals surface area contributed by atoms with E-state index in [0.29, 0.717) is 5.92 Å². The van der Waals surface area contributed by atoms with Crippen molar-refractivity contribution in [2.24, 2.45) is 11.8 Å². The minimum absolute atomic E-state index is 0.251. The summed E-state index contributed by atoms with van der Waals surface area (Å²) in [4.78, 5) is 2.49. The molecule has 2 fully saturated rings. The van der Waals surface area contributed by atoms with Gasteiger partial charge < -0.3 is 14.6 Å². The van der Waals surface area contributed by atoms with Crippen molar-refractivity contribution < 1.29 is 14.6 Å². The van der Waals surface area contributed by atoms with E-state index in [1.54, 1.807) is 14.2 Å². The van der Waals surface area contributed by atoms with Crippen molar-refractivity contribution in [2.75, 3.05) is 27.3 Å². The van der Waals surface area contributed by atoms with Crippen molar-refractivity contribution >= 4 is 0 Å². The molecule has 0 radical (unpaired) electrons. The van der Waals surface area contributed by atoms with E-state index < -0.39 is 5.60 Å². The lowest BCUT2D eigenvalue weighted by molar-refractivity contribution is -0.0662. The van der Waals surface area contributed by atoms with E-state index >= 15 is 0 Å². The third-order valence-electron chi connectivity index (χ3n) is 6.40. The number of rotatable bonds is 5. The van der Waals surface area contributed by atoms with E-state index in [0.717, 1.165) is 49.5 Å². The Bertz CT molecular complexity index is 775. The zero-order valence-corrected chi connectivity index (χ0v) is 16.2. The first-order chi connectivity index (χ1) is 13.1. The maximum atomic E-state index is 11.8. The van der Waals surface area contributed by atoms with Gasteiger partial charge in [-0.15, -0.1) is 0 Å². The maximum absolute atomic E-state index is 11.8. The topological polar surface area (TPSA) is 41.9 Å². The fourth-order valence-corrected chi connectivity index (χ4v) is 5.07. The summed E-state index contributed by atoms with van der Waals surface area (Å²) >= 11 is 0. The number of nitrogens with zero attached hydrogens (tertiary/aromatic N) is 1. The average Bonchev–Trinajstić information content (AvgIpc) is 3.13. The van der Waals surface area contributed by atoms with Gasteiger partial charge >= 0.3 is 0 Å². The number of aliphatic hydroxyl groups is 1. The fraction of sp³-hybridized carbons (Fsp3) is 0.478. The monoisotopic (exact) mass is 367 g/mol. The third kappa shape index (κ3) is 3.44. The molecule has 1 N–H and O–H groups in total. The smallest absolute Gasteiger partial charge is 0.124 e. The van der Waals surface area contributed by atoms with Gasteiger partial charge in [0.1, 0.15) is 11.5 Å². The van der Waals surface area contributed by atoms with E-state index in [1.165, 1.54) is 12.0 Å². The SMILES string of the molecule is COc1ccc(CN2C[C@@H]3CCC[C@@](O)(c4ccccc4OC)[C@@H]3C2)cc1. The molecule has 2 aromatic carbocycles. The number of methoxy groups -OCH3 is 2. The summed E-state index contributed by atoms with van der Waals surface area (Å²) in [6, 6.07) is 16.3. The molecule has 1 saturated carbocycles. The Morgan fingerprint density at radius 2 is 1.81 bits per heavy atom. The van der Waals surface area contributed by atoms with Gasteiger partial charge in [-0.05, 0) is 48.9 Å². The van der Waals surface area contributed by atoms with Gasteiger partial charge in [0.25, 0.3) is 0 Å². The molecule has 2 aromatic rings. The second kappa shape index (κ2) is 7.53. The van der Waals surface area contributed by atoms with Crippen LogP contribution < -0.4 is 9.47 Å². The fourth-order valence-electron chi connectivity index (χ4n) is 5.07. The Morgan fingerprint density at radius 1 is 1.04 bits per heavy atom. The van der Waals surface area contributed by atoms with Crippen LogP contribution in [0.1, 0.15) is 30.4 Å². The van der Waals surface area contributed by atoms with Gasteiger partial charge in [-0.2, -0.15) is 0 Å². The van der Waals surface area contributed by atoms with Crippen LogP contribution in [0.3, 0.4) is 0 Å². The first-order valence-electron chi connectivity index (χ1n) is 9.85. The molecule has 1 aliphatic carbocycles.